The van der Waals surface area contributed by atoms with Crippen LogP contribution in [0.2, 0.25) is 0 Å². The van der Waals surface area contributed by atoms with Crippen LogP contribution in [-0.2, 0) is 9.59 Å². The molecular weight excluding hydrogens is 388 g/mol. The van der Waals surface area contributed by atoms with Gasteiger partial charge in [0.25, 0.3) is 5.91 Å². The highest BCUT2D eigenvalue weighted by molar-refractivity contribution is 6.12. The maximum Gasteiger partial charge on any atom is 0.259 e. The van der Waals surface area contributed by atoms with E-state index in [2.05, 4.69) is 5.32 Å². The summed E-state index contributed by atoms with van der Waals surface area (Å²) < 4.78 is 0. The zero-order valence-electron chi connectivity index (χ0n) is 17.8. The zero-order chi connectivity index (χ0) is 21.8. The van der Waals surface area contributed by atoms with Crippen LogP contribution >= 0.6 is 0 Å². The summed E-state index contributed by atoms with van der Waals surface area (Å²) in [5, 5.41) is 3.32. The first-order valence-electron chi connectivity index (χ1n) is 11.0. The first kappa shape index (κ1) is 21.0. The minimum absolute atomic E-state index is 0.0221. The molecule has 0 aromatic heterocycles. The van der Waals surface area contributed by atoms with Gasteiger partial charge in [-0.15, -0.1) is 0 Å². The van der Waals surface area contributed by atoms with Crippen LogP contribution in [0.3, 0.4) is 0 Å². The quantitative estimate of drug-likeness (QED) is 0.540. The highest BCUT2D eigenvalue weighted by atomic mass is 16.2. The first-order valence-corrected chi connectivity index (χ1v) is 11.0. The summed E-state index contributed by atoms with van der Waals surface area (Å²) in [4.78, 5) is 40.1. The van der Waals surface area contributed by atoms with E-state index in [-0.39, 0.29) is 30.1 Å². The molecule has 2 aromatic carbocycles. The van der Waals surface area contributed by atoms with Gasteiger partial charge in [-0.2, -0.15) is 0 Å². The molecule has 1 atom stereocenters. The van der Waals surface area contributed by atoms with Crippen molar-refractivity contribution in [1.82, 2.24) is 4.90 Å². The maximum absolute atomic E-state index is 13.7. The molecule has 0 radical (unpaired) electrons. The number of ketones is 1. The van der Waals surface area contributed by atoms with Crippen molar-refractivity contribution in [3.8, 4) is 0 Å². The van der Waals surface area contributed by atoms with E-state index in [0.29, 0.717) is 11.3 Å². The number of anilines is 1. The number of Topliss-reactive ketones (excluding diaryl/α,β-unsaturated/α-hetero) is 1. The third kappa shape index (κ3) is 4.46. The van der Waals surface area contributed by atoms with Gasteiger partial charge in [-0.1, -0.05) is 67.8 Å². The van der Waals surface area contributed by atoms with Crippen molar-refractivity contribution in [1.29, 1.82) is 0 Å². The van der Waals surface area contributed by atoms with E-state index in [9.17, 15) is 14.4 Å². The summed E-state index contributed by atoms with van der Waals surface area (Å²) in [6, 6.07) is 16.8. The van der Waals surface area contributed by atoms with Gasteiger partial charge in [-0.05, 0) is 43.5 Å². The summed E-state index contributed by atoms with van der Waals surface area (Å²) in [5.74, 6) is -0.384. The lowest BCUT2D eigenvalue weighted by atomic mass is 9.93. The van der Waals surface area contributed by atoms with E-state index in [0.717, 1.165) is 37.7 Å². The van der Waals surface area contributed by atoms with Crippen molar-refractivity contribution in [2.75, 3.05) is 5.32 Å². The van der Waals surface area contributed by atoms with E-state index < -0.39 is 5.54 Å². The van der Waals surface area contributed by atoms with Gasteiger partial charge in [0.2, 0.25) is 5.91 Å². The normalized spacial score (nSPS) is 22.3. The topological polar surface area (TPSA) is 66.5 Å². The Bertz CT molecular complexity index is 1010. The van der Waals surface area contributed by atoms with E-state index >= 15 is 0 Å². The Morgan fingerprint density at radius 1 is 1.03 bits per heavy atom. The van der Waals surface area contributed by atoms with E-state index in [4.69, 9.17) is 0 Å². The number of rotatable bonds is 6. The van der Waals surface area contributed by atoms with Crippen molar-refractivity contribution in [3.05, 3.63) is 71.8 Å². The molecule has 2 amide bonds. The molecule has 0 spiro atoms. The maximum atomic E-state index is 13.7. The molecule has 2 aromatic rings. The van der Waals surface area contributed by atoms with Gasteiger partial charge < -0.3 is 5.32 Å². The zero-order valence-corrected chi connectivity index (χ0v) is 17.8. The number of nitrogens with one attached hydrogen (secondary N) is 1. The van der Waals surface area contributed by atoms with Gasteiger partial charge >= 0.3 is 0 Å². The summed E-state index contributed by atoms with van der Waals surface area (Å²) in [6.07, 6.45) is 8.75. The molecule has 0 bridgehead atoms. The average molecular weight is 417 g/mol. The fraction of sp³-hybridized carbons (Fsp3) is 0.346. The van der Waals surface area contributed by atoms with Gasteiger partial charge in [0.15, 0.2) is 5.78 Å². The second kappa shape index (κ2) is 8.88. The number of carbonyl (C=O) groups is 3. The molecular formula is C26H28N2O3. The van der Waals surface area contributed by atoms with Crippen LogP contribution in [0.15, 0.2) is 60.7 Å². The van der Waals surface area contributed by atoms with Gasteiger partial charge in [0.1, 0.15) is 5.54 Å². The Balaban J connectivity index is 1.70. The Morgan fingerprint density at radius 2 is 1.77 bits per heavy atom. The van der Waals surface area contributed by atoms with Crippen LogP contribution in [0, 0.1) is 0 Å². The molecule has 160 valence electrons. The fourth-order valence-electron chi connectivity index (χ4n) is 4.58. The molecule has 5 nitrogen and oxygen atoms in total. The fourth-order valence-corrected chi connectivity index (χ4v) is 4.58. The minimum atomic E-state index is -1.17. The van der Waals surface area contributed by atoms with Crippen molar-refractivity contribution in [3.63, 3.8) is 0 Å². The number of hydrogen-bond acceptors (Lipinski definition) is 4. The molecule has 1 N–H and O–H groups in total. The summed E-state index contributed by atoms with van der Waals surface area (Å²) in [6.45, 7) is 1.51. The minimum Gasteiger partial charge on any atom is -0.368 e. The van der Waals surface area contributed by atoms with Crippen molar-refractivity contribution in [2.45, 2.75) is 57.0 Å². The summed E-state index contributed by atoms with van der Waals surface area (Å²) >= 11 is 0. The number of carbonyl (C=O) groups excluding carboxylic acids is 3. The lowest BCUT2D eigenvalue weighted by Crippen LogP contribution is -2.48. The third-order valence-corrected chi connectivity index (χ3v) is 6.24. The van der Waals surface area contributed by atoms with Gasteiger partial charge in [-0.25, -0.2) is 0 Å². The molecule has 2 fully saturated rings. The predicted molar refractivity (Wildman–Crippen MR) is 122 cm³/mol. The predicted octanol–water partition coefficient (Wildman–Crippen LogP) is 4.84. The Kier molecular flexibility index (Phi) is 6.03. The molecule has 1 saturated heterocycles. The van der Waals surface area contributed by atoms with Crippen LogP contribution in [-0.4, -0.2) is 34.1 Å². The second-order valence-corrected chi connectivity index (χ2v) is 8.51. The van der Waals surface area contributed by atoms with Crippen LogP contribution in [0.25, 0.3) is 6.08 Å². The monoisotopic (exact) mass is 416 g/mol. The van der Waals surface area contributed by atoms with Crippen LogP contribution in [0.4, 0.5) is 5.69 Å². The van der Waals surface area contributed by atoms with E-state index in [1.807, 2.05) is 48.6 Å². The van der Waals surface area contributed by atoms with E-state index in [1.165, 1.54) is 11.8 Å². The second-order valence-electron chi connectivity index (χ2n) is 8.51. The van der Waals surface area contributed by atoms with Gasteiger partial charge in [-0.3, -0.25) is 19.3 Å². The van der Waals surface area contributed by atoms with Gasteiger partial charge in [0, 0.05) is 17.3 Å². The molecule has 1 unspecified atom stereocenters. The largest absolute Gasteiger partial charge is 0.368 e. The number of imide groups is 1. The molecule has 5 heteroatoms. The molecule has 2 aliphatic rings. The molecule has 31 heavy (non-hydrogen) atoms. The number of hydrogen-bond donors (Lipinski definition) is 1. The smallest absolute Gasteiger partial charge is 0.259 e. The van der Waals surface area contributed by atoms with E-state index in [1.54, 1.807) is 18.2 Å². The van der Waals surface area contributed by atoms with Crippen molar-refractivity contribution < 1.29 is 14.4 Å². The van der Waals surface area contributed by atoms with Crippen molar-refractivity contribution >= 4 is 29.4 Å². The molecule has 1 heterocycles. The lowest BCUT2D eigenvalue weighted by molar-refractivity contribution is -0.142. The lowest BCUT2D eigenvalue weighted by Gasteiger charge is -2.32. The Hall–Kier alpha value is -3.21. The number of likely N-dealkylation sites (tertiary alicyclic amines) is 1. The molecule has 1 saturated carbocycles. The van der Waals surface area contributed by atoms with Crippen LogP contribution in [0.1, 0.15) is 61.4 Å². The highest BCUT2D eigenvalue weighted by Crippen LogP contribution is 2.35. The van der Waals surface area contributed by atoms with Gasteiger partial charge in [0.05, 0.1) is 6.42 Å². The number of benzene rings is 2. The number of nitrogens with zero attached hydrogens (tertiary/aromatic N) is 1. The number of amides is 2. The summed E-state index contributed by atoms with van der Waals surface area (Å²) in [5.41, 5.74) is 1.00. The molecule has 4 rings (SSSR count). The molecule has 1 aliphatic carbocycles. The summed E-state index contributed by atoms with van der Waals surface area (Å²) in [7, 11) is 0. The highest BCUT2D eigenvalue weighted by Gasteiger charge is 2.52. The third-order valence-electron chi connectivity index (χ3n) is 6.24. The van der Waals surface area contributed by atoms with Crippen molar-refractivity contribution in [2.24, 2.45) is 0 Å². The Morgan fingerprint density at radius 3 is 2.48 bits per heavy atom. The Labute approximate surface area is 183 Å². The first-order chi connectivity index (χ1) is 15.0. The van der Waals surface area contributed by atoms with Crippen LogP contribution < -0.4 is 5.32 Å². The molecule has 1 aliphatic heterocycles. The van der Waals surface area contributed by atoms with Crippen LogP contribution in [0.5, 0.6) is 0 Å². The standard InChI is InChI=1S/C26H28N2O3/c1-19(29)21-11-8-12-22(17-21)27-26(16-15-20-9-4-2-5-10-20)18-24(30)28(25(26)31)23-13-6-3-7-14-23/h2,4-5,8-12,15-17,23,27H,3,6-7,13-14,18H2,1H3/b16-15+. The SMILES string of the molecule is CC(=O)c1cccc(NC2(/C=C/c3ccccc3)CC(=O)N(C3CCCCC3)C2=O)c1. The average Bonchev–Trinajstić information content (AvgIpc) is 3.03.